The van der Waals surface area contributed by atoms with Gasteiger partial charge in [0.15, 0.2) is 0 Å². The van der Waals surface area contributed by atoms with Crippen LogP contribution in [0.15, 0.2) is 18.2 Å². The number of rotatable bonds is 5. The Hall–Kier alpha value is -1.18. The summed E-state index contributed by atoms with van der Waals surface area (Å²) in [6.45, 7) is 6.41. The summed E-state index contributed by atoms with van der Waals surface area (Å²) in [7, 11) is 0. The quantitative estimate of drug-likeness (QED) is 0.833. The molecule has 2 heteroatoms. The first-order valence-corrected chi connectivity index (χ1v) is 6.79. The van der Waals surface area contributed by atoms with Gasteiger partial charge in [-0.3, -0.25) is 0 Å². The summed E-state index contributed by atoms with van der Waals surface area (Å²) in [6, 6.07) is 6.33. The highest BCUT2D eigenvalue weighted by atomic mass is 16.5. The van der Waals surface area contributed by atoms with E-state index in [0.29, 0.717) is 5.92 Å². The van der Waals surface area contributed by atoms with E-state index in [1.54, 1.807) is 0 Å². The van der Waals surface area contributed by atoms with Crippen LogP contribution in [0.25, 0.3) is 0 Å². The average molecular weight is 233 g/mol. The number of ether oxygens (including phenoxy) is 1. The summed E-state index contributed by atoms with van der Waals surface area (Å²) in [4.78, 5) is 0. The van der Waals surface area contributed by atoms with Crippen molar-refractivity contribution in [2.75, 3.05) is 18.5 Å². The Bertz CT molecular complexity index is 362. The number of benzene rings is 1. The van der Waals surface area contributed by atoms with Crippen LogP contribution in [0.5, 0.6) is 5.75 Å². The number of hydrogen-bond donors (Lipinski definition) is 1. The van der Waals surface area contributed by atoms with E-state index >= 15 is 0 Å². The van der Waals surface area contributed by atoms with Crippen molar-refractivity contribution in [3.8, 4) is 5.75 Å². The van der Waals surface area contributed by atoms with Crippen LogP contribution in [0.3, 0.4) is 0 Å². The van der Waals surface area contributed by atoms with Gasteiger partial charge in [-0.1, -0.05) is 26.3 Å². The molecular formula is C15H23NO. The maximum atomic E-state index is 5.98. The van der Waals surface area contributed by atoms with Gasteiger partial charge in [0, 0.05) is 17.8 Å². The largest absolute Gasteiger partial charge is 0.493 e. The van der Waals surface area contributed by atoms with Crippen LogP contribution in [0, 0.1) is 5.92 Å². The highest BCUT2D eigenvalue weighted by molar-refractivity contribution is 5.59. The molecule has 1 aromatic carbocycles. The maximum Gasteiger partial charge on any atom is 0.124 e. The van der Waals surface area contributed by atoms with Crippen molar-refractivity contribution in [1.29, 1.82) is 0 Å². The molecule has 1 aliphatic rings. The molecule has 0 spiro atoms. The van der Waals surface area contributed by atoms with E-state index < -0.39 is 0 Å². The smallest absolute Gasteiger partial charge is 0.124 e. The predicted octanol–water partition coefficient (Wildman–Crippen LogP) is 3.86. The van der Waals surface area contributed by atoms with Crippen molar-refractivity contribution in [1.82, 2.24) is 0 Å². The van der Waals surface area contributed by atoms with Gasteiger partial charge in [-0.25, -0.2) is 0 Å². The highest BCUT2D eigenvalue weighted by Gasteiger charge is 2.13. The summed E-state index contributed by atoms with van der Waals surface area (Å²) < 4.78 is 5.98. The third-order valence-electron chi connectivity index (χ3n) is 3.36. The van der Waals surface area contributed by atoms with Crippen LogP contribution in [-0.4, -0.2) is 13.2 Å². The van der Waals surface area contributed by atoms with Gasteiger partial charge in [0.1, 0.15) is 5.75 Å². The number of nitrogens with one attached hydrogen (secondary N) is 1. The van der Waals surface area contributed by atoms with E-state index in [1.807, 2.05) is 0 Å². The second kappa shape index (κ2) is 5.95. The van der Waals surface area contributed by atoms with Crippen molar-refractivity contribution in [2.24, 2.45) is 5.92 Å². The standard InChI is InChI=1S/C15H23NO/c1-3-6-12(2)11-17-15-9-4-8-14-13(15)7-5-10-16-14/h4,8-9,12,16H,3,5-7,10-11H2,1-2H3. The molecule has 2 nitrogen and oxygen atoms in total. The molecule has 0 aliphatic carbocycles. The van der Waals surface area contributed by atoms with E-state index in [-0.39, 0.29) is 0 Å². The van der Waals surface area contributed by atoms with Crippen LogP contribution in [0.1, 0.15) is 38.7 Å². The van der Waals surface area contributed by atoms with E-state index in [9.17, 15) is 0 Å². The summed E-state index contributed by atoms with van der Waals surface area (Å²) in [6.07, 6.45) is 4.82. The lowest BCUT2D eigenvalue weighted by molar-refractivity contribution is 0.249. The fourth-order valence-corrected chi connectivity index (χ4v) is 2.42. The molecule has 1 aliphatic heterocycles. The zero-order chi connectivity index (χ0) is 12.1. The van der Waals surface area contributed by atoms with Crippen molar-refractivity contribution in [3.63, 3.8) is 0 Å². The van der Waals surface area contributed by atoms with E-state index in [0.717, 1.165) is 25.3 Å². The van der Waals surface area contributed by atoms with E-state index in [2.05, 4.69) is 37.4 Å². The molecule has 0 saturated heterocycles. The lowest BCUT2D eigenvalue weighted by atomic mass is 10.0. The van der Waals surface area contributed by atoms with Gasteiger partial charge in [-0.15, -0.1) is 0 Å². The van der Waals surface area contributed by atoms with E-state index in [4.69, 9.17) is 4.74 Å². The van der Waals surface area contributed by atoms with Gasteiger partial charge < -0.3 is 10.1 Å². The Balaban J connectivity index is 2.01. The first-order chi connectivity index (χ1) is 8.31. The first-order valence-electron chi connectivity index (χ1n) is 6.79. The molecule has 0 radical (unpaired) electrons. The molecule has 0 amide bonds. The topological polar surface area (TPSA) is 21.3 Å². The van der Waals surface area contributed by atoms with Gasteiger partial charge in [0.05, 0.1) is 6.61 Å². The van der Waals surface area contributed by atoms with Crippen LogP contribution in [-0.2, 0) is 6.42 Å². The molecule has 0 fully saturated rings. The van der Waals surface area contributed by atoms with Gasteiger partial charge in [0.2, 0.25) is 0 Å². The molecule has 1 atom stereocenters. The minimum atomic E-state index is 0.646. The zero-order valence-corrected chi connectivity index (χ0v) is 11.0. The third-order valence-corrected chi connectivity index (χ3v) is 3.36. The van der Waals surface area contributed by atoms with Gasteiger partial charge >= 0.3 is 0 Å². The Kier molecular flexibility index (Phi) is 4.29. The van der Waals surface area contributed by atoms with Crippen molar-refractivity contribution >= 4 is 5.69 Å². The summed E-state index contributed by atoms with van der Waals surface area (Å²) in [5, 5.41) is 3.44. The first kappa shape index (κ1) is 12.3. The summed E-state index contributed by atoms with van der Waals surface area (Å²) in [5.41, 5.74) is 2.62. The molecule has 94 valence electrons. The highest BCUT2D eigenvalue weighted by Crippen LogP contribution is 2.30. The molecule has 2 rings (SSSR count). The Morgan fingerprint density at radius 3 is 3.12 bits per heavy atom. The molecule has 17 heavy (non-hydrogen) atoms. The van der Waals surface area contributed by atoms with Crippen LogP contribution >= 0.6 is 0 Å². The second-order valence-electron chi connectivity index (χ2n) is 5.02. The lowest BCUT2D eigenvalue weighted by Crippen LogP contribution is -2.14. The zero-order valence-electron chi connectivity index (χ0n) is 11.0. The van der Waals surface area contributed by atoms with Crippen LogP contribution < -0.4 is 10.1 Å². The van der Waals surface area contributed by atoms with Crippen LogP contribution in [0.4, 0.5) is 5.69 Å². The SMILES string of the molecule is CCCC(C)COc1cccc2c1CCCN2. The maximum absolute atomic E-state index is 5.98. The van der Waals surface area contributed by atoms with Crippen molar-refractivity contribution < 1.29 is 4.74 Å². The molecule has 0 aromatic heterocycles. The summed E-state index contributed by atoms with van der Waals surface area (Å²) >= 11 is 0. The Morgan fingerprint density at radius 1 is 1.41 bits per heavy atom. The lowest BCUT2D eigenvalue weighted by Gasteiger charge is -2.22. The molecule has 1 heterocycles. The molecule has 0 bridgehead atoms. The number of fused-ring (bicyclic) bond motifs is 1. The fraction of sp³-hybridized carbons (Fsp3) is 0.600. The van der Waals surface area contributed by atoms with Crippen molar-refractivity contribution in [2.45, 2.75) is 39.5 Å². The van der Waals surface area contributed by atoms with Crippen molar-refractivity contribution in [3.05, 3.63) is 23.8 Å². The number of hydrogen-bond acceptors (Lipinski definition) is 2. The molecular weight excluding hydrogens is 210 g/mol. The molecule has 1 aromatic rings. The minimum Gasteiger partial charge on any atom is -0.493 e. The average Bonchev–Trinajstić information content (AvgIpc) is 2.36. The fourth-order valence-electron chi connectivity index (χ4n) is 2.42. The Labute approximate surface area is 104 Å². The minimum absolute atomic E-state index is 0.646. The molecule has 1 unspecified atom stereocenters. The number of anilines is 1. The van der Waals surface area contributed by atoms with Gasteiger partial charge in [-0.05, 0) is 37.3 Å². The second-order valence-corrected chi connectivity index (χ2v) is 5.02. The summed E-state index contributed by atoms with van der Waals surface area (Å²) in [5.74, 6) is 1.73. The third kappa shape index (κ3) is 3.15. The predicted molar refractivity (Wildman–Crippen MR) is 72.8 cm³/mol. The Morgan fingerprint density at radius 2 is 2.29 bits per heavy atom. The van der Waals surface area contributed by atoms with Crippen LogP contribution in [0.2, 0.25) is 0 Å². The monoisotopic (exact) mass is 233 g/mol. The molecule has 1 N–H and O–H groups in total. The normalized spacial score (nSPS) is 15.9. The van der Waals surface area contributed by atoms with E-state index in [1.165, 1.54) is 30.5 Å². The van der Waals surface area contributed by atoms with Gasteiger partial charge in [0.25, 0.3) is 0 Å². The van der Waals surface area contributed by atoms with Gasteiger partial charge in [-0.2, -0.15) is 0 Å². The molecule has 0 saturated carbocycles.